The van der Waals surface area contributed by atoms with Crippen molar-refractivity contribution in [1.82, 2.24) is 0 Å². The Kier molecular flexibility index (Phi) is 2.08. The number of anilines is 1. The second-order valence-electron chi connectivity index (χ2n) is 4.55. The number of allylic oxidation sites excluding steroid dienone is 2. The van der Waals surface area contributed by atoms with Crippen LogP contribution in [0.3, 0.4) is 0 Å². The summed E-state index contributed by atoms with van der Waals surface area (Å²) in [5.74, 6) is -0.0605. The van der Waals surface area contributed by atoms with Crippen LogP contribution in [-0.2, 0) is 0 Å². The first-order chi connectivity index (χ1) is 8.18. The van der Waals surface area contributed by atoms with Gasteiger partial charge in [0.2, 0.25) is 0 Å². The molecule has 0 bridgehead atoms. The third-order valence-electron chi connectivity index (χ3n) is 3.51. The minimum absolute atomic E-state index is 0.245. The van der Waals surface area contributed by atoms with E-state index in [1.54, 1.807) is 6.07 Å². The lowest BCUT2D eigenvalue weighted by atomic mass is 9.88. The highest BCUT2D eigenvalue weighted by molar-refractivity contribution is 6.00. The molecule has 1 aliphatic carbocycles. The first kappa shape index (κ1) is 10.1. The van der Waals surface area contributed by atoms with Crippen molar-refractivity contribution in [2.75, 3.05) is 5.32 Å². The second kappa shape index (κ2) is 3.48. The van der Waals surface area contributed by atoms with Gasteiger partial charge in [-0.05, 0) is 24.1 Å². The Labute approximate surface area is 100 Å². The van der Waals surface area contributed by atoms with E-state index < -0.39 is 0 Å². The summed E-state index contributed by atoms with van der Waals surface area (Å²) in [7, 11) is 0. The van der Waals surface area contributed by atoms with Gasteiger partial charge in [0.05, 0.1) is 17.3 Å². The monoisotopic (exact) mass is 226 g/mol. The minimum atomic E-state index is -0.375. The van der Waals surface area contributed by atoms with Gasteiger partial charge in [0.15, 0.2) is 0 Å². The molecular formula is C14H14N2O. The number of primary amides is 1. The maximum Gasteiger partial charge on any atom is 0.250 e. The molecule has 2 aliphatic rings. The van der Waals surface area contributed by atoms with Gasteiger partial charge in [0, 0.05) is 5.92 Å². The van der Waals surface area contributed by atoms with E-state index in [0.717, 1.165) is 5.69 Å². The van der Waals surface area contributed by atoms with Gasteiger partial charge < -0.3 is 11.1 Å². The number of aryl methyl sites for hydroxylation is 1. The van der Waals surface area contributed by atoms with Crippen LogP contribution in [0.2, 0.25) is 0 Å². The Hall–Kier alpha value is -2.03. The summed E-state index contributed by atoms with van der Waals surface area (Å²) in [6, 6.07) is 4.01. The fraction of sp³-hybridized carbons (Fsp3) is 0.214. The largest absolute Gasteiger partial charge is 0.377 e. The van der Waals surface area contributed by atoms with E-state index in [2.05, 4.69) is 24.4 Å². The highest BCUT2D eigenvalue weighted by atomic mass is 16.1. The number of hydrogen-bond acceptors (Lipinski definition) is 2. The van der Waals surface area contributed by atoms with Gasteiger partial charge in [-0.15, -0.1) is 0 Å². The molecule has 3 nitrogen and oxygen atoms in total. The van der Waals surface area contributed by atoms with Gasteiger partial charge in [-0.25, -0.2) is 0 Å². The van der Waals surface area contributed by atoms with Crippen LogP contribution in [-0.4, -0.2) is 11.9 Å². The van der Waals surface area contributed by atoms with E-state index in [1.807, 2.05) is 18.2 Å². The maximum absolute atomic E-state index is 11.4. The summed E-state index contributed by atoms with van der Waals surface area (Å²) < 4.78 is 0. The number of nitrogens with one attached hydrogen (secondary N) is 1. The molecule has 1 aromatic rings. The topological polar surface area (TPSA) is 55.1 Å². The molecule has 0 saturated heterocycles. The van der Waals surface area contributed by atoms with Crippen LogP contribution < -0.4 is 11.1 Å². The highest BCUT2D eigenvalue weighted by Gasteiger charge is 2.33. The molecule has 0 aromatic heterocycles. The Morgan fingerprint density at radius 2 is 2.06 bits per heavy atom. The van der Waals surface area contributed by atoms with Crippen molar-refractivity contribution in [3.05, 3.63) is 53.1 Å². The molecule has 1 amide bonds. The van der Waals surface area contributed by atoms with Crippen molar-refractivity contribution in [3.63, 3.8) is 0 Å². The first-order valence-corrected chi connectivity index (χ1v) is 5.73. The SMILES string of the molecule is Cc1ccc(C(N)=O)c2c1C1C=CC=CC1N2. The molecule has 3 rings (SSSR count). The van der Waals surface area contributed by atoms with Crippen molar-refractivity contribution < 1.29 is 4.79 Å². The van der Waals surface area contributed by atoms with Crippen LogP contribution in [0, 0.1) is 6.92 Å². The predicted octanol–water partition coefficient (Wildman–Crippen LogP) is 2.10. The molecule has 0 radical (unpaired) electrons. The molecule has 2 atom stereocenters. The van der Waals surface area contributed by atoms with Crippen LogP contribution in [0.4, 0.5) is 5.69 Å². The molecule has 1 aromatic carbocycles. The fourth-order valence-electron chi connectivity index (χ4n) is 2.70. The van der Waals surface area contributed by atoms with Gasteiger partial charge >= 0.3 is 0 Å². The molecule has 1 aliphatic heterocycles. The Morgan fingerprint density at radius 1 is 1.29 bits per heavy atom. The first-order valence-electron chi connectivity index (χ1n) is 5.73. The van der Waals surface area contributed by atoms with Crippen molar-refractivity contribution >= 4 is 11.6 Å². The molecule has 3 heteroatoms. The number of benzene rings is 1. The summed E-state index contributed by atoms with van der Waals surface area (Å²) in [6.07, 6.45) is 8.36. The van der Waals surface area contributed by atoms with Gasteiger partial charge in [0.25, 0.3) is 5.91 Å². The lowest BCUT2D eigenvalue weighted by molar-refractivity contribution is 0.100. The molecule has 0 spiro atoms. The number of fused-ring (bicyclic) bond motifs is 3. The van der Waals surface area contributed by atoms with Gasteiger partial charge in [-0.3, -0.25) is 4.79 Å². The average Bonchev–Trinajstić information content (AvgIpc) is 2.68. The zero-order valence-corrected chi connectivity index (χ0v) is 9.60. The van der Waals surface area contributed by atoms with Crippen LogP contribution >= 0.6 is 0 Å². The molecule has 0 saturated carbocycles. The van der Waals surface area contributed by atoms with Crippen molar-refractivity contribution in [3.8, 4) is 0 Å². The van der Waals surface area contributed by atoms with Crippen LogP contribution in [0.25, 0.3) is 0 Å². The second-order valence-corrected chi connectivity index (χ2v) is 4.55. The number of hydrogen-bond donors (Lipinski definition) is 2. The molecular weight excluding hydrogens is 212 g/mol. The summed E-state index contributed by atoms with van der Waals surface area (Å²) in [5, 5.41) is 3.39. The number of carbonyl (C=O) groups excluding carboxylic acids is 1. The Morgan fingerprint density at radius 3 is 2.82 bits per heavy atom. The Balaban J connectivity index is 2.21. The molecule has 3 N–H and O–H groups in total. The van der Waals surface area contributed by atoms with E-state index in [9.17, 15) is 4.79 Å². The normalized spacial score (nSPS) is 24.1. The van der Waals surface area contributed by atoms with Crippen molar-refractivity contribution in [2.45, 2.75) is 18.9 Å². The molecule has 17 heavy (non-hydrogen) atoms. The minimum Gasteiger partial charge on any atom is -0.377 e. The predicted molar refractivity (Wildman–Crippen MR) is 68.1 cm³/mol. The molecule has 0 fully saturated rings. The summed E-state index contributed by atoms with van der Waals surface area (Å²) >= 11 is 0. The standard InChI is InChI=1S/C14H14N2O/c1-8-6-7-10(14(15)17)13-12(8)9-4-2-3-5-11(9)16-13/h2-7,9,11,16H,1H3,(H2,15,17). The number of nitrogens with two attached hydrogens (primary N) is 1. The third kappa shape index (κ3) is 1.39. The Bertz CT molecular complexity index is 558. The van der Waals surface area contributed by atoms with Crippen LogP contribution in [0.1, 0.15) is 27.4 Å². The molecule has 86 valence electrons. The van der Waals surface area contributed by atoms with Crippen molar-refractivity contribution in [2.24, 2.45) is 5.73 Å². The highest BCUT2D eigenvalue weighted by Crippen LogP contribution is 2.42. The number of rotatable bonds is 1. The summed E-state index contributed by atoms with van der Waals surface area (Å²) in [6.45, 7) is 2.07. The van der Waals surface area contributed by atoms with Gasteiger partial charge in [-0.1, -0.05) is 30.4 Å². The zero-order chi connectivity index (χ0) is 12.0. The number of carbonyl (C=O) groups is 1. The summed E-state index contributed by atoms with van der Waals surface area (Å²) in [5.41, 5.74) is 9.30. The van der Waals surface area contributed by atoms with E-state index in [1.165, 1.54) is 11.1 Å². The maximum atomic E-state index is 11.4. The van der Waals surface area contributed by atoms with Crippen LogP contribution in [0.5, 0.6) is 0 Å². The smallest absolute Gasteiger partial charge is 0.250 e. The lowest BCUT2D eigenvalue weighted by Gasteiger charge is -2.16. The van der Waals surface area contributed by atoms with E-state index in [0.29, 0.717) is 11.5 Å². The molecule has 2 unspecified atom stereocenters. The van der Waals surface area contributed by atoms with Crippen LogP contribution in [0.15, 0.2) is 36.4 Å². The van der Waals surface area contributed by atoms with E-state index >= 15 is 0 Å². The number of amides is 1. The third-order valence-corrected chi connectivity index (χ3v) is 3.51. The summed E-state index contributed by atoms with van der Waals surface area (Å²) in [4.78, 5) is 11.4. The van der Waals surface area contributed by atoms with E-state index in [-0.39, 0.29) is 11.9 Å². The molecule has 1 heterocycles. The average molecular weight is 226 g/mol. The van der Waals surface area contributed by atoms with E-state index in [4.69, 9.17) is 5.73 Å². The van der Waals surface area contributed by atoms with Gasteiger partial charge in [0.1, 0.15) is 0 Å². The zero-order valence-electron chi connectivity index (χ0n) is 9.60. The van der Waals surface area contributed by atoms with Gasteiger partial charge in [-0.2, -0.15) is 0 Å². The fourth-order valence-corrected chi connectivity index (χ4v) is 2.70. The van der Waals surface area contributed by atoms with Crippen molar-refractivity contribution in [1.29, 1.82) is 0 Å². The lowest BCUT2D eigenvalue weighted by Crippen LogP contribution is -2.18. The quantitative estimate of drug-likeness (QED) is 0.770.